The third kappa shape index (κ3) is 3.75. The van der Waals surface area contributed by atoms with E-state index in [-0.39, 0.29) is 11.0 Å². The van der Waals surface area contributed by atoms with E-state index in [1.807, 2.05) is 32.0 Å². The van der Waals surface area contributed by atoms with Crippen LogP contribution in [0, 0.1) is 13.8 Å². The molecule has 0 aliphatic rings. The van der Waals surface area contributed by atoms with Crippen LogP contribution in [0.3, 0.4) is 0 Å². The van der Waals surface area contributed by atoms with Gasteiger partial charge in [-0.15, -0.1) is 0 Å². The zero-order valence-corrected chi connectivity index (χ0v) is 13.8. The molecule has 6 heteroatoms. The lowest BCUT2D eigenvalue weighted by Gasteiger charge is -2.25. The van der Waals surface area contributed by atoms with Crippen LogP contribution in [0.15, 0.2) is 42.5 Å². The van der Waals surface area contributed by atoms with Crippen molar-refractivity contribution in [2.75, 3.05) is 5.01 Å². The lowest BCUT2D eigenvalue weighted by Crippen LogP contribution is -2.49. The van der Waals surface area contributed by atoms with Crippen LogP contribution in [-0.2, 0) is 0 Å². The first-order valence-corrected chi connectivity index (χ1v) is 7.40. The van der Waals surface area contributed by atoms with Gasteiger partial charge in [0.15, 0.2) is 5.11 Å². The van der Waals surface area contributed by atoms with E-state index in [1.165, 1.54) is 5.01 Å². The number of nitrogens with one attached hydrogen (secondary N) is 1. The quantitative estimate of drug-likeness (QED) is 0.653. The molecule has 1 amide bonds. The number of rotatable bonds is 2. The maximum atomic E-state index is 12.3. The molecule has 114 valence electrons. The number of hydrazine groups is 1. The van der Waals surface area contributed by atoms with Gasteiger partial charge in [-0.05, 0) is 67.5 Å². The number of hydrogen-bond acceptors (Lipinski definition) is 2. The molecule has 0 atom stereocenters. The van der Waals surface area contributed by atoms with E-state index < -0.39 is 0 Å². The normalized spacial score (nSPS) is 10.1. The third-order valence-electron chi connectivity index (χ3n) is 3.15. The second kappa shape index (κ2) is 6.77. The number of halogens is 1. The Balaban J connectivity index is 2.29. The van der Waals surface area contributed by atoms with E-state index in [2.05, 4.69) is 5.43 Å². The first kappa shape index (κ1) is 16.3. The van der Waals surface area contributed by atoms with Crippen molar-refractivity contribution in [2.45, 2.75) is 13.8 Å². The van der Waals surface area contributed by atoms with Crippen LogP contribution in [0.1, 0.15) is 21.5 Å². The Labute approximate surface area is 139 Å². The highest BCUT2D eigenvalue weighted by Crippen LogP contribution is 2.20. The molecule has 2 aromatic carbocycles. The monoisotopic (exact) mass is 333 g/mol. The van der Waals surface area contributed by atoms with Gasteiger partial charge >= 0.3 is 0 Å². The minimum absolute atomic E-state index is 0.0658. The van der Waals surface area contributed by atoms with Crippen LogP contribution < -0.4 is 16.2 Å². The molecule has 22 heavy (non-hydrogen) atoms. The Bertz CT molecular complexity index is 716. The molecule has 2 rings (SSSR count). The zero-order chi connectivity index (χ0) is 16.3. The molecule has 0 spiro atoms. The maximum Gasteiger partial charge on any atom is 0.270 e. The molecule has 0 aromatic heterocycles. The minimum atomic E-state index is -0.314. The highest BCUT2D eigenvalue weighted by molar-refractivity contribution is 7.80. The van der Waals surface area contributed by atoms with Crippen LogP contribution in [0.25, 0.3) is 0 Å². The number of nitrogens with two attached hydrogens (primary N) is 1. The molecule has 0 aliphatic heterocycles. The van der Waals surface area contributed by atoms with Crippen molar-refractivity contribution in [2.24, 2.45) is 5.73 Å². The summed E-state index contributed by atoms with van der Waals surface area (Å²) in [7, 11) is 0. The minimum Gasteiger partial charge on any atom is -0.374 e. The average Bonchev–Trinajstić information content (AvgIpc) is 2.47. The summed E-state index contributed by atoms with van der Waals surface area (Å²) in [4.78, 5) is 12.3. The Hall–Kier alpha value is -2.11. The number of amides is 1. The van der Waals surface area contributed by atoms with Crippen molar-refractivity contribution >= 4 is 40.5 Å². The molecular formula is C16H16ClN3OS. The number of anilines is 1. The first-order valence-electron chi connectivity index (χ1n) is 6.62. The highest BCUT2D eigenvalue weighted by Gasteiger charge is 2.16. The van der Waals surface area contributed by atoms with Gasteiger partial charge in [0, 0.05) is 10.6 Å². The van der Waals surface area contributed by atoms with E-state index >= 15 is 0 Å². The Morgan fingerprint density at radius 2 is 1.82 bits per heavy atom. The van der Waals surface area contributed by atoms with E-state index in [0.29, 0.717) is 10.6 Å². The molecule has 3 N–H and O–H groups in total. The molecule has 4 nitrogen and oxygen atoms in total. The van der Waals surface area contributed by atoms with Crippen molar-refractivity contribution in [3.63, 3.8) is 0 Å². The molecule has 0 radical (unpaired) electrons. The van der Waals surface area contributed by atoms with Crippen LogP contribution >= 0.6 is 23.8 Å². The van der Waals surface area contributed by atoms with Crippen LogP contribution in [-0.4, -0.2) is 11.0 Å². The molecule has 0 unspecified atom stereocenters. The number of carbonyl (C=O) groups excluding carboxylic acids is 1. The summed E-state index contributed by atoms with van der Waals surface area (Å²) in [6, 6.07) is 12.4. The van der Waals surface area contributed by atoms with Gasteiger partial charge in [0.25, 0.3) is 5.91 Å². The summed E-state index contributed by atoms with van der Waals surface area (Å²) >= 11 is 10.9. The van der Waals surface area contributed by atoms with Gasteiger partial charge in [0.1, 0.15) is 0 Å². The number of nitrogens with zero attached hydrogens (tertiary/aromatic N) is 1. The van der Waals surface area contributed by atoms with Gasteiger partial charge in [-0.3, -0.25) is 10.2 Å². The molecule has 0 heterocycles. The number of carbonyl (C=O) groups is 1. The van der Waals surface area contributed by atoms with Crippen LogP contribution in [0.4, 0.5) is 5.69 Å². The summed E-state index contributed by atoms with van der Waals surface area (Å²) in [5.74, 6) is -0.314. The Morgan fingerprint density at radius 1 is 1.18 bits per heavy atom. The summed E-state index contributed by atoms with van der Waals surface area (Å²) in [5, 5.41) is 2.04. The van der Waals surface area contributed by atoms with Crippen molar-refractivity contribution in [3.05, 3.63) is 64.2 Å². The molecule has 0 bridgehead atoms. The van der Waals surface area contributed by atoms with E-state index in [1.54, 1.807) is 24.3 Å². The van der Waals surface area contributed by atoms with Crippen molar-refractivity contribution in [3.8, 4) is 0 Å². The van der Waals surface area contributed by atoms with Gasteiger partial charge in [0.2, 0.25) is 0 Å². The highest BCUT2D eigenvalue weighted by atomic mass is 35.5. The number of thiocarbonyl (C=S) groups is 1. The smallest absolute Gasteiger partial charge is 0.270 e. The zero-order valence-electron chi connectivity index (χ0n) is 12.3. The molecule has 0 saturated carbocycles. The van der Waals surface area contributed by atoms with E-state index in [4.69, 9.17) is 29.6 Å². The van der Waals surface area contributed by atoms with E-state index in [9.17, 15) is 4.79 Å². The first-order chi connectivity index (χ1) is 10.4. The van der Waals surface area contributed by atoms with Gasteiger partial charge in [-0.2, -0.15) is 0 Å². The lowest BCUT2D eigenvalue weighted by atomic mass is 10.1. The molecular weight excluding hydrogens is 318 g/mol. The molecule has 0 saturated heterocycles. The SMILES string of the molecule is Cc1ccc(C)c(N(NC(=O)c2ccc(Cl)cc2)C(N)=S)c1. The van der Waals surface area contributed by atoms with E-state index in [0.717, 1.165) is 16.8 Å². The van der Waals surface area contributed by atoms with Gasteiger partial charge < -0.3 is 5.73 Å². The molecule has 2 aromatic rings. The maximum absolute atomic E-state index is 12.3. The average molecular weight is 334 g/mol. The predicted octanol–water partition coefficient (Wildman–Crippen LogP) is 3.35. The summed E-state index contributed by atoms with van der Waals surface area (Å²) in [5.41, 5.74) is 11.7. The fourth-order valence-corrected chi connectivity index (χ4v) is 2.23. The second-order valence-electron chi connectivity index (χ2n) is 4.91. The Kier molecular flexibility index (Phi) is 5.00. The third-order valence-corrected chi connectivity index (χ3v) is 3.58. The molecule has 0 aliphatic carbocycles. The second-order valence-corrected chi connectivity index (χ2v) is 5.77. The lowest BCUT2D eigenvalue weighted by molar-refractivity contribution is 0.0955. The standard InChI is InChI=1S/C16H16ClN3OS/c1-10-3-4-11(2)14(9-10)20(16(18)22)19-15(21)12-5-7-13(17)8-6-12/h3-9H,1-2H3,(H2,18,22)(H,19,21). The Morgan fingerprint density at radius 3 is 2.41 bits per heavy atom. The largest absolute Gasteiger partial charge is 0.374 e. The topological polar surface area (TPSA) is 58.4 Å². The number of aryl methyl sites for hydroxylation is 2. The summed E-state index contributed by atoms with van der Waals surface area (Å²) in [6.07, 6.45) is 0. The van der Waals surface area contributed by atoms with Crippen LogP contribution in [0.5, 0.6) is 0 Å². The van der Waals surface area contributed by atoms with Crippen LogP contribution in [0.2, 0.25) is 5.02 Å². The predicted molar refractivity (Wildman–Crippen MR) is 94.1 cm³/mol. The summed E-state index contributed by atoms with van der Waals surface area (Å²) in [6.45, 7) is 3.89. The van der Waals surface area contributed by atoms with Crippen molar-refractivity contribution < 1.29 is 4.79 Å². The van der Waals surface area contributed by atoms with Gasteiger partial charge in [-0.1, -0.05) is 23.7 Å². The van der Waals surface area contributed by atoms with Gasteiger partial charge in [0.05, 0.1) is 5.69 Å². The van der Waals surface area contributed by atoms with Crippen molar-refractivity contribution in [1.29, 1.82) is 0 Å². The fraction of sp³-hybridized carbons (Fsp3) is 0.125. The van der Waals surface area contributed by atoms with Gasteiger partial charge in [-0.25, -0.2) is 5.01 Å². The van der Waals surface area contributed by atoms with Crippen molar-refractivity contribution in [1.82, 2.24) is 5.43 Å². The number of hydrogen-bond donors (Lipinski definition) is 2. The summed E-state index contributed by atoms with van der Waals surface area (Å²) < 4.78 is 0. The fourth-order valence-electron chi connectivity index (χ4n) is 1.96. The number of benzene rings is 2. The molecule has 0 fully saturated rings.